The van der Waals surface area contributed by atoms with E-state index in [1.165, 1.54) is 13.1 Å². The van der Waals surface area contributed by atoms with Crippen LogP contribution in [0.5, 0.6) is 0 Å². The van der Waals surface area contributed by atoms with Gasteiger partial charge in [0.2, 0.25) is 11.9 Å². The molecule has 0 saturated carbocycles. The van der Waals surface area contributed by atoms with Crippen LogP contribution >= 0.6 is 11.6 Å². The SMILES string of the molecule is Cc1cc(C(=O)Nc2nc3cccc(Cl)c3n2C2CCCCN(C(=O)C=CCN(C)C(=O)O)C2)ccn1. The largest absolute Gasteiger partial charge is 0.465 e. The van der Waals surface area contributed by atoms with Crippen LogP contribution in [0.15, 0.2) is 48.7 Å². The number of amides is 3. The molecule has 0 bridgehead atoms. The zero-order chi connectivity index (χ0) is 26.5. The lowest BCUT2D eigenvalue weighted by Gasteiger charge is -2.26. The van der Waals surface area contributed by atoms with E-state index in [1.54, 1.807) is 35.4 Å². The first-order chi connectivity index (χ1) is 17.7. The minimum atomic E-state index is -1.06. The number of likely N-dealkylation sites (N-methyl/N-ethyl adjacent to an activating group) is 1. The zero-order valence-electron chi connectivity index (χ0n) is 20.7. The molecule has 4 rings (SSSR count). The molecule has 1 unspecified atom stereocenters. The second-order valence-electron chi connectivity index (χ2n) is 9.05. The lowest BCUT2D eigenvalue weighted by molar-refractivity contribution is -0.126. The topological polar surface area (TPSA) is 121 Å². The minimum absolute atomic E-state index is 0.116. The number of anilines is 1. The fraction of sp³-hybridized carbons (Fsp3) is 0.346. The second kappa shape index (κ2) is 11.4. The van der Waals surface area contributed by atoms with Crippen molar-refractivity contribution < 1.29 is 19.5 Å². The van der Waals surface area contributed by atoms with Gasteiger partial charge in [-0.2, -0.15) is 0 Å². The molecule has 194 valence electrons. The molecule has 1 aromatic carbocycles. The van der Waals surface area contributed by atoms with Crippen LogP contribution in [0.4, 0.5) is 10.7 Å². The Morgan fingerprint density at radius 2 is 2.08 bits per heavy atom. The maximum absolute atomic E-state index is 13.1. The molecule has 3 amide bonds. The summed E-state index contributed by atoms with van der Waals surface area (Å²) in [6.45, 7) is 2.90. The van der Waals surface area contributed by atoms with Crippen molar-refractivity contribution >= 4 is 46.5 Å². The number of fused-ring (bicyclic) bond motifs is 1. The minimum Gasteiger partial charge on any atom is -0.465 e. The number of hydrogen-bond donors (Lipinski definition) is 2. The van der Waals surface area contributed by atoms with Crippen LogP contribution < -0.4 is 5.32 Å². The van der Waals surface area contributed by atoms with Crippen LogP contribution in [0.1, 0.15) is 41.4 Å². The smallest absolute Gasteiger partial charge is 0.407 e. The van der Waals surface area contributed by atoms with E-state index in [4.69, 9.17) is 16.7 Å². The monoisotopic (exact) mass is 524 g/mol. The van der Waals surface area contributed by atoms with Gasteiger partial charge in [-0.25, -0.2) is 9.78 Å². The maximum Gasteiger partial charge on any atom is 0.407 e. The summed E-state index contributed by atoms with van der Waals surface area (Å²) in [5.74, 6) is -0.148. The van der Waals surface area contributed by atoms with E-state index in [-0.39, 0.29) is 24.4 Å². The van der Waals surface area contributed by atoms with Crippen molar-refractivity contribution in [2.24, 2.45) is 0 Å². The van der Waals surface area contributed by atoms with Crippen LogP contribution in [0.3, 0.4) is 0 Å². The number of para-hydroxylation sites is 1. The third kappa shape index (κ3) is 6.08. The van der Waals surface area contributed by atoms with Crippen molar-refractivity contribution in [3.8, 4) is 0 Å². The van der Waals surface area contributed by atoms with Crippen LogP contribution in [0.2, 0.25) is 5.02 Å². The van der Waals surface area contributed by atoms with E-state index >= 15 is 0 Å². The fourth-order valence-corrected chi connectivity index (χ4v) is 4.70. The second-order valence-corrected chi connectivity index (χ2v) is 9.46. The number of nitrogens with zero attached hydrogens (tertiary/aromatic N) is 5. The van der Waals surface area contributed by atoms with Crippen molar-refractivity contribution in [2.75, 3.05) is 32.0 Å². The molecule has 1 atom stereocenters. The highest BCUT2D eigenvalue weighted by Gasteiger charge is 2.27. The number of carbonyl (C=O) groups is 3. The molecule has 2 N–H and O–H groups in total. The summed E-state index contributed by atoms with van der Waals surface area (Å²) in [6, 6.07) is 8.59. The first-order valence-corrected chi connectivity index (χ1v) is 12.4. The highest BCUT2D eigenvalue weighted by molar-refractivity contribution is 6.35. The van der Waals surface area contributed by atoms with E-state index in [2.05, 4.69) is 15.3 Å². The molecule has 0 spiro atoms. The molecular formula is C26H29ClN6O4. The van der Waals surface area contributed by atoms with Gasteiger partial charge in [0.15, 0.2) is 0 Å². The number of halogens is 1. The highest BCUT2D eigenvalue weighted by Crippen LogP contribution is 2.34. The normalized spacial score (nSPS) is 16.1. The lowest BCUT2D eigenvalue weighted by atomic mass is 10.1. The number of imidazole rings is 1. The van der Waals surface area contributed by atoms with Crippen molar-refractivity contribution in [1.82, 2.24) is 24.3 Å². The van der Waals surface area contributed by atoms with Gasteiger partial charge in [-0.1, -0.05) is 23.7 Å². The maximum atomic E-state index is 13.1. The summed E-state index contributed by atoms with van der Waals surface area (Å²) >= 11 is 6.61. The Labute approximate surface area is 219 Å². The predicted molar refractivity (Wildman–Crippen MR) is 141 cm³/mol. The van der Waals surface area contributed by atoms with Crippen LogP contribution in [0.25, 0.3) is 11.0 Å². The number of nitrogens with one attached hydrogen (secondary N) is 1. The van der Waals surface area contributed by atoms with Gasteiger partial charge in [0.05, 0.1) is 22.1 Å². The molecule has 37 heavy (non-hydrogen) atoms. The van der Waals surface area contributed by atoms with Crippen molar-refractivity contribution in [1.29, 1.82) is 0 Å². The van der Waals surface area contributed by atoms with Crippen molar-refractivity contribution in [3.05, 3.63) is 65.0 Å². The predicted octanol–water partition coefficient (Wildman–Crippen LogP) is 4.37. The third-order valence-electron chi connectivity index (χ3n) is 6.33. The summed E-state index contributed by atoms with van der Waals surface area (Å²) in [5.41, 5.74) is 2.53. The number of benzene rings is 1. The average Bonchev–Trinajstić information content (AvgIpc) is 3.05. The number of carboxylic acid groups (broad SMARTS) is 1. The number of hydrogen-bond acceptors (Lipinski definition) is 5. The van der Waals surface area contributed by atoms with Gasteiger partial charge in [-0.05, 0) is 50.5 Å². The zero-order valence-corrected chi connectivity index (χ0v) is 21.5. The molecule has 3 heterocycles. The molecule has 1 aliphatic heterocycles. The summed E-state index contributed by atoms with van der Waals surface area (Å²) in [7, 11) is 1.44. The molecule has 3 aromatic rings. The molecule has 2 aromatic heterocycles. The van der Waals surface area contributed by atoms with Gasteiger partial charge in [-0.15, -0.1) is 0 Å². The van der Waals surface area contributed by atoms with Gasteiger partial charge in [0.1, 0.15) is 0 Å². The molecule has 0 radical (unpaired) electrons. The summed E-state index contributed by atoms with van der Waals surface area (Å²) < 4.78 is 1.93. The van der Waals surface area contributed by atoms with Crippen LogP contribution in [-0.4, -0.2) is 74.0 Å². The summed E-state index contributed by atoms with van der Waals surface area (Å²) in [6.07, 6.45) is 5.94. The lowest BCUT2D eigenvalue weighted by Crippen LogP contribution is -2.35. The number of pyridine rings is 1. The molecular weight excluding hydrogens is 496 g/mol. The molecule has 11 heteroatoms. The van der Waals surface area contributed by atoms with E-state index < -0.39 is 6.09 Å². The van der Waals surface area contributed by atoms with Crippen LogP contribution in [0, 0.1) is 6.92 Å². The molecule has 0 aliphatic carbocycles. The number of aryl methyl sites for hydroxylation is 1. The average molecular weight is 525 g/mol. The van der Waals surface area contributed by atoms with E-state index in [1.807, 2.05) is 23.6 Å². The fourth-order valence-electron chi connectivity index (χ4n) is 4.44. The molecule has 10 nitrogen and oxygen atoms in total. The number of likely N-dealkylation sites (tertiary alicyclic amines) is 1. The highest BCUT2D eigenvalue weighted by atomic mass is 35.5. The quantitative estimate of drug-likeness (QED) is 0.462. The summed E-state index contributed by atoms with van der Waals surface area (Å²) in [5, 5.41) is 12.4. The molecule has 1 saturated heterocycles. The molecule has 1 aliphatic rings. The van der Waals surface area contributed by atoms with Gasteiger partial charge >= 0.3 is 6.09 Å². The Kier molecular flexibility index (Phi) is 8.08. The van der Waals surface area contributed by atoms with Crippen molar-refractivity contribution in [3.63, 3.8) is 0 Å². The van der Waals surface area contributed by atoms with E-state index in [9.17, 15) is 14.4 Å². The number of carbonyl (C=O) groups excluding carboxylic acids is 2. The number of rotatable bonds is 6. The van der Waals surface area contributed by atoms with Gasteiger partial charge in [-0.3, -0.25) is 19.9 Å². The standard InChI is InChI=1S/C26H29ClN6O4/c1-17-15-18(11-12-28-17)24(35)30-25-29-21-9-5-8-20(27)23(21)33(25)19-7-3-4-14-32(16-19)22(34)10-6-13-31(2)26(36)37/h5-6,8-12,15,19H,3-4,7,13-14,16H2,1-2H3,(H,36,37)(H,29,30,35). The van der Waals surface area contributed by atoms with E-state index in [0.717, 1.165) is 29.9 Å². The Morgan fingerprint density at radius 3 is 2.84 bits per heavy atom. The van der Waals surface area contributed by atoms with Crippen molar-refractivity contribution in [2.45, 2.75) is 32.2 Å². The third-order valence-corrected chi connectivity index (χ3v) is 6.64. The number of aromatic nitrogens is 3. The Morgan fingerprint density at radius 1 is 1.27 bits per heavy atom. The van der Waals surface area contributed by atoms with Gasteiger partial charge < -0.3 is 19.5 Å². The first-order valence-electron chi connectivity index (χ1n) is 12.0. The van der Waals surface area contributed by atoms with Gasteiger partial charge in [0, 0.05) is 50.2 Å². The van der Waals surface area contributed by atoms with E-state index in [0.29, 0.717) is 40.7 Å². The Bertz CT molecular complexity index is 1350. The van der Waals surface area contributed by atoms with Gasteiger partial charge in [0.25, 0.3) is 5.91 Å². The first kappa shape index (κ1) is 26.2. The summed E-state index contributed by atoms with van der Waals surface area (Å²) in [4.78, 5) is 48.7. The molecule has 1 fully saturated rings. The Balaban J connectivity index is 1.64. The van der Waals surface area contributed by atoms with Crippen LogP contribution in [-0.2, 0) is 4.79 Å². The Hall–Kier alpha value is -3.92.